The topological polar surface area (TPSA) is 16.3 Å². The molecule has 0 amide bonds. The first-order chi connectivity index (χ1) is 33.0. The number of aromatic nitrogens is 2. The standard InChI is InChI=1S/C63H52N4/c1-43-21-29-49(30-22-43)64(53-37-39-62-57(41-53)55-16-8-11-19-60(55)66(62)48-14-5-4-6-15-48)51-33-25-46(26-34-51)47-27-35-52(36-28-47)65(50-31-23-44(2)24-32-50)54-38-40-63-58(42-54)56-17-9-12-20-61(56)67(63)59-18-10-7-13-45(59)3/h4-23,25-42,44-45,59H,24H2,1-3H3. The maximum absolute atomic E-state index is 2.54. The number of aryl methyl sites for hydroxylation is 1. The van der Waals surface area contributed by atoms with Crippen LogP contribution in [-0.2, 0) is 0 Å². The fraction of sp³-hybridized carbons (Fsp3) is 0.111. The lowest BCUT2D eigenvalue weighted by atomic mass is 9.96. The minimum absolute atomic E-state index is 0.260. The molecule has 0 fully saturated rings. The van der Waals surface area contributed by atoms with Gasteiger partial charge in [-0.1, -0.05) is 147 Å². The van der Waals surface area contributed by atoms with Crippen LogP contribution in [0.1, 0.15) is 31.9 Å². The summed E-state index contributed by atoms with van der Waals surface area (Å²) in [6, 6.07) is 69.5. The van der Waals surface area contributed by atoms with Crippen LogP contribution in [0, 0.1) is 18.8 Å². The Morgan fingerprint density at radius 1 is 0.448 bits per heavy atom. The van der Waals surface area contributed by atoms with Crippen molar-refractivity contribution in [3.63, 3.8) is 0 Å². The summed E-state index contributed by atoms with van der Waals surface area (Å²) in [6.07, 6.45) is 17.1. The molecule has 4 nitrogen and oxygen atoms in total. The van der Waals surface area contributed by atoms with Crippen molar-refractivity contribution in [1.82, 2.24) is 9.13 Å². The number of anilines is 5. The van der Waals surface area contributed by atoms with Gasteiger partial charge in [0.25, 0.3) is 0 Å². The third-order valence-corrected chi connectivity index (χ3v) is 14.0. The van der Waals surface area contributed by atoms with Crippen LogP contribution < -0.4 is 9.80 Å². The molecule has 0 bridgehead atoms. The molecule has 0 radical (unpaired) electrons. The monoisotopic (exact) mass is 864 g/mol. The summed E-state index contributed by atoms with van der Waals surface area (Å²) in [6.45, 7) is 6.75. The van der Waals surface area contributed by atoms with E-state index in [1.54, 1.807) is 0 Å². The number of hydrogen-bond acceptors (Lipinski definition) is 2. The predicted octanol–water partition coefficient (Wildman–Crippen LogP) is 17.3. The SMILES string of the molecule is Cc1ccc(N(c2ccc(-c3ccc(N(C4=CCC(C)C=C4)c4ccc5c(c4)c4ccccc4n5C4C=CC=CC4C)cc3)cc2)c2ccc3c(c2)c2ccccc2n3-c2ccccc2)cc1. The maximum Gasteiger partial charge on any atom is 0.0585 e. The molecule has 0 N–H and O–H groups in total. The molecule has 10 aromatic rings. The van der Waals surface area contributed by atoms with E-state index in [0.717, 1.165) is 40.5 Å². The predicted molar refractivity (Wildman–Crippen MR) is 285 cm³/mol. The van der Waals surface area contributed by atoms with Crippen LogP contribution in [0.15, 0.2) is 236 Å². The Labute approximate surface area is 393 Å². The fourth-order valence-electron chi connectivity index (χ4n) is 10.5. The smallest absolute Gasteiger partial charge is 0.0585 e. The third kappa shape index (κ3) is 7.17. The molecular weight excluding hydrogens is 813 g/mol. The second-order valence-electron chi connectivity index (χ2n) is 18.4. The van der Waals surface area contributed by atoms with Crippen LogP contribution in [0.3, 0.4) is 0 Å². The molecular formula is C63H52N4. The molecule has 2 heterocycles. The van der Waals surface area contributed by atoms with E-state index < -0.39 is 0 Å². The highest BCUT2D eigenvalue weighted by atomic mass is 15.2. The highest BCUT2D eigenvalue weighted by molar-refractivity contribution is 6.11. The maximum atomic E-state index is 2.54. The molecule has 0 aliphatic heterocycles. The number of nitrogens with zero attached hydrogens (tertiary/aromatic N) is 4. The van der Waals surface area contributed by atoms with E-state index >= 15 is 0 Å². The first-order valence-electron chi connectivity index (χ1n) is 23.7. The van der Waals surface area contributed by atoms with Crippen molar-refractivity contribution in [1.29, 1.82) is 0 Å². The molecule has 8 aromatic carbocycles. The van der Waals surface area contributed by atoms with E-state index in [2.05, 4.69) is 270 Å². The summed E-state index contributed by atoms with van der Waals surface area (Å²) in [5.74, 6) is 0.916. The zero-order valence-electron chi connectivity index (χ0n) is 38.2. The van der Waals surface area contributed by atoms with E-state index in [4.69, 9.17) is 0 Å². The molecule has 3 unspecified atom stereocenters. The number of benzene rings is 8. The minimum atomic E-state index is 0.260. The molecule has 0 saturated carbocycles. The van der Waals surface area contributed by atoms with Crippen molar-refractivity contribution in [3.05, 3.63) is 242 Å². The molecule has 324 valence electrons. The molecule has 2 aliphatic rings. The molecule has 67 heavy (non-hydrogen) atoms. The summed E-state index contributed by atoms with van der Waals surface area (Å²) in [5, 5.41) is 5.02. The van der Waals surface area contributed by atoms with E-state index in [9.17, 15) is 0 Å². The largest absolute Gasteiger partial charge is 0.333 e. The number of hydrogen-bond donors (Lipinski definition) is 0. The van der Waals surface area contributed by atoms with Gasteiger partial charge in [-0.25, -0.2) is 0 Å². The van der Waals surface area contributed by atoms with E-state index in [1.165, 1.54) is 66.0 Å². The first kappa shape index (κ1) is 40.4. The minimum Gasteiger partial charge on any atom is -0.333 e. The quantitative estimate of drug-likeness (QED) is 0.144. The fourth-order valence-corrected chi connectivity index (χ4v) is 10.5. The normalized spacial score (nSPS) is 16.9. The Kier molecular flexibility index (Phi) is 10.1. The molecule has 2 aliphatic carbocycles. The molecule has 12 rings (SSSR count). The second-order valence-corrected chi connectivity index (χ2v) is 18.4. The lowest BCUT2D eigenvalue weighted by molar-refractivity contribution is 0.510. The summed E-state index contributed by atoms with van der Waals surface area (Å²) in [7, 11) is 0. The van der Waals surface area contributed by atoms with Gasteiger partial charge in [0.05, 0.1) is 17.1 Å². The average Bonchev–Trinajstić information content (AvgIpc) is 3.88. The average molecular weight is 865 g/mol. The molecule has 2 aromatic heterocycles. The van der Waals surface area contributed by atoms with Crippen LogP contribution in [0.2, 0.25) is 0 Å². The molecule has 4 heteroatoms. The lowest BCUT2D eigenvalue weighted by Gasteiger charge is -2.29. The van der Waals surface area contributed by atoms with Crippen LogP contribution in [0.25, 0.3) is 60.4 Å². The van der Waals surface area contributed by atoms with Gasteiger partial charge in [0, 0.05) is 72.4 Å². The van der Waals surface area contributed by atoms with Crippen molar-refractivity contribution in [2.75, 3.05) is 9.80 Å². The Hall–Kier alpha value is -8.08. The van der Waals surface area contributed by atoms with Crippen molar-refractivity contribution in [3.8, 4) is 16.8 Å². The molecule has 0 saturated heterocycles. The number of allylic oxidation sites excluding steroid dienone is 7. The van der Waals surface area contributed by atoms with Crippen molar-refractivity contribution >= 4 is 72.0 Å². The number of rotatable bonds is 9. The Bertz CT molecular complexity index is 3580. The zero-order valence-corrected chi connectivity index (χ0v) is 38.2. The van der Waals surface area contributed by atoms with Crippen molar-refractivity contribution < 1.29 is 0 Å². The van der Waals surface area contributed by atoms with Crippen molar-refractivity contribution in [2.24, 2.45) is 11.8 Å². The van der Waals surface area contributed by atoms with E-state index in [0.29, 0.717) is 11.8 Å². The van der Waals surface area contributed by atoms with Gasteiger partial charge in [0.15, 0.2) is 0 Å². The summed E-state index contributed by atoms with van der Waals surface area (Å²) < 4.78 is 4.91. The van der Waals surface area contributed by atoms with Gasteiger partial charge in [-0.05, 0) is 139 Å². The summed E-state index contributed by atoms with van der Waals surface area (Å²) in [5.41, 5.74) is 16.5. The van der Waals surface area contributed by atoms with Gasteiger partial charge in [-0.15, -0.1) is 0 Å². The Morgan fingerprint density at radius 3 is 1.61 bits per heavy atom. The Morgan fingerprint density at radius 2 is 0.955 bits per heavy atom. The molecule has 0 spiro atoms. The van der Waals surface area contributed by atoms with Crippen LogP contribution in [-0.4, -0.2) is 9.13 Å². The van der Waals surface area contributed by atoms with Crippen LogP contribution in [0.5, 0.6) is 0 Å². The van der Waals surface area contributed by atoms with Gasteiger partial charge in [0.1, 0.15) is 0 Å². The van der Waals surface area contributed by atoms with Gasteiger partial charge < -0.3 is 18.9 Å². The second kappa shape index (κ2) is 16.7. The van der Waals surface area contributed by atoms with Crippen LogP contribution >= 0.6 is 0 Å². The summed E-state index contributed by atoms with van der Waals surface area (Å²) >= 11 is 0. The van der Waals surface area contributed by atoms with Crippen LogP contribution in [0.4, 0.5) is 28.4 Å². The Balaban J connectivity index is 0.902. The zero-order chi connectivity index (χ0) is 45.0. The highest BCUT2D eigenvalue weighted by Gasteiger charge is 2.24. The van der Waals surface area contributed by atoms with Crippen molar-refractivity contribution in [2.45, 2.75) is 33.2 Å². The molecule has 3 atom stereocenters. The van der Waals surface area contributed by atoms with Gasteiger partial charge in [0.2, 0.25) is 0 Å². The highest BCUT2D eigenvalue weighted by Crippen LogP contribution is 2.43. The van der Waals surface area contributed by atoms with E-state index in [1.807, 2.05) is 0 Å². The van der Waals surface area contributed by atoms with E-state index in [-0.39, 0.29) is 6.04 Å². The lowest BCUT2D eigenvalue weighted by Crippen LogP contribution is -2.17. The number of fused-ring (bicyclic) bond motifs is 6. The van der Waals surface area contributed by atoms with Gasteiger partial charge >= 0.3 is 0 Å². The van der Waals surface area contributed by atoms with Gasteiger partial charge in [-0.3, -0.25) is 0 Å². The summed E-state index contributed by atoms with van der Waals surface area (Å²) in [4.78, 5) is 4.81. The van der Waals surface area contributed by atoms with Gasteiger partial charge in [-0.2, -0.15) is 0 Å². The first-order valence-corrected chi connectivity index (χ1v) is 23.7. The number of para-hydroxylation sites is 3. The third-order valence-electron chi connectivity index (χ3n) is 14.0.